The van der Waals surface area contributed by atoms with E-state index in [1.54, 1.807) is 24.3 Å². The van der Waals surface area contributed by atoms with E-state index in [4.69, 9.17) is 21.7 Å². The fourth-order valence-electron chi connectivity index (χ4n) is 2.55. The zero-order valence-corrected chi connectivity index (χ0v) is 19.2. The summed E-state index contributed by atoms with van der Waals surface area (Å²) >= 11 is 5.11. The summed E-state index contributed by atoms with van der Waals surface area (Å²) in [5.41, 5.74) is 1.16. The predicted molar refractivity (Wildman–Crippen MR) is 123 cm³/mol. The highest BCUT2D eigenvalue weighted by atomic mass is 32.1. The molecule has 0 atom stereocenters. The first-order chi connectivity index (χ1) is 14.9. The van der Waals surface area contributed by atoms with E-state index in [0.29, 0.717) is 24.4 Å². The lowest BCUT2D eigenvalue weighted by Gasteiger charge is -2.18. The maximum atomic E-state index is 12.2. The van der Waals surface area contributed by atoms with Crippen LogP contribution in [0, 0.1) is 0 Å². The van der Waals surface area contributed by atoms with Crippen LogP contribution in [-0.2, 0) is 19.1 Å². The van der Waals surface area contributed by atoms with E-state index in [2.05, 4.69) is 34.7 Å². The molecule has 0 aromatic heterocycles. The third kappa shape index (κ3) is 11.4. The normalized spacial score (nSPS) is 10.5. The largest absolute Gasteiger partial charge is 0.463 e. The number of hydrogen-bond donors (Lipinski definition) is 3. The van der Waals surface area contributed by atoms with Gasteiger partial charge in [0, 0.05) is 37.9 Å². The minimum atomic E-state index is -0.475. The number of thiocarbonyl (C=S) groups is 1. The Morgan fingerprint density at radius 3 is 2.32 bits per heavy atom. The van der Waals surface area contributed by atoms with Gasteiger partial charge in [0.2, 0.25) is 5.91 Å². The van der Waals surface area contributed by atoms with Gasteiger partial charge in [-0.1, -0.05) is 13.8 Å². The van der Waals surface area contributed by atoms with Gasteiger partial charge in [0.1, 0.15) is 6.61 Å². The van der Waals surface area contributed by atoms with Crippen molar-refractivity contribution in [3.63, 3.8) is 0 Å². The molecule has 0 aliphatic heterocycles. The van der Waals surface area contributed by atoms with Gasteiger partial charge < -0.3 is 30.3 Å². The number of amides is 2. The van der Waals surface area contributed by atoms with Crippen molar-refractivity contribution in [2.24, 2.45) is 0 Å². The molecule has 0 spiro atoms. The van der Waals surface area contributed by atoms with Gasteiger partial charge in [0.15, 0.2) is 5.11 Å². The molecule has 0 saturated carbocycles. The zero-order valence-electron chi connectivity index (χ0n) is 18.4. The molecular formula is C21H32N4O5S. The van der Waals surface area contributed by atoms with Crippen molar-refractivity contribution in [3.8, 4) is 0 Å². The minimum Gasteiger partial charge on any atom is -0.463 e. The van der Waals surface area contributed by atoms with Crippen LogP contribution in [0.1, 0.15) is 37.0 Å². The summed E-state index contributed by atoms with van der Waals surface area (Å²) < 4.78 is 9.66. The van der Waals surface area contributed by atoms with E-state index in [1.807, 2.05) is 0 Å². The second kappa shape index (κ2) is 15.3. The molecule has 1 rings (SSSR count). The highest BCUT2D eigenvalue weighted by Gasteiger charge is 2.10. The lowest BCUT2D eigenvalue weighted by Crippen LogP contribution is -2.35. The summed E-state index contributed by atoms with van der Waals surface area (Å²) in [6.45, 7) is 7.91. The van der Waals surface area contributed by atoms with Crippen molar-refractivity contribution in [1.82, 2.24) is 15.5 Å². The van der Waals surface area contributed by atoms with Gasteiger partial charge in [-0.3, -0.25) is 14.4 Å². The molecule has 0 bridgehead atoms. The van der Waals surface area contributed by atoms with Gasteiger partial charge in [-0.15, -0.1) is 0 Å². The van der Waals surface area contributed by atoms with E-state index >= 15 is 0 Å². The summed E-state index contributed by atoms with van der Waals surface area (Å²) in [5.74, 6) is -1.02. The van der Waals surface area contributed by atoms with E-state index in [9.17, 15) is 14.4 Å². The number of carbonyl (C=O) groups is 3. The number of nitrogens with zero attached hydrogens (tertiary/aromatic N) is 1. The monoisotopic (exact) mass is 452 g/mol. The first-order valence-corrected chi connectivity index (χ1v) is 10.7. The van der Waals surface area contributed by atoms with Crippen molar-refractivity contribution in [3.05, 3.63) is 29.8 Å². The highest BCUT2D eigenvalue weighted by Crippen LogP contribution is 2.09. The van der Waals surface area contributed by atoms with E-state index in [1.165, 1.54) is 7.11 Å². The van der Waals surface area contributed by atoms with Crippen molar-refractivity contribution in [2.45, 2.75) is 26.7 Å². The molecule has 31 heavy (non-hydrogen) atoms. The number of benzene rings is 1. The molecule has 0 radical (unpaired) electrons. The molecule has 0 unspecified atom stereocenters. The average molecular weight is 453 g/mol. The molecule has 1 aromatic carbocycles. The molecule has 0 aliphatic carbocycles. The molecular weight excluding hydrogens is 420 g/mol. The quantitative estimate of drug-likeness (QED) is 0.235. The molecule has 0 saturated heterocycles. The summed E-state index contributed by atoms with van der Waals surface area (Å²) in [5, 5.41) is 8.37. The van der Waals surface area contributed by atoms with Crippen LogP contribution in [0.4, 0.5) is 5.69 Å². The third-order valence-electron chi connectivity index (χ3n) is 4.37. The number of carbonyl (C=O) groups excluding carboxylic acids is 3. The summed E-state index contributed by atoms with van der Waals surface area (Å²) in [6.07, 6.45) is -0.0868. The smallest absolute Gasteiger partial charge is 0.306 e. The van der Waals surface area contributed by atoms with E-state index < -0.39 is 11.9 Å². The Morgan fingerprint density at radius 2 is 1.71 bits per heavy atom. The lowest BCUT2D eigenvalue weighted by molar-refractivity contribution is -0.146. The lowest BCUT2D eigenvalue weighted by atomic mass is 10.2. The Labute approximate surface area is 188 Å². The van der Waals surface area contributed by atoms with Crippen LogP contribution in [0.3, 0.4) is 0 Å². The van der Waals surface area contributed by atoms with E-state index in [-0.39, 0.29) is 30.5 Å². The highest BCUT2D eigenvalue weighted by molar-refractivity contribution is 7.80. The number of nitrogens with one attached hydrogen (secondary N) is 3. The van der Waals surface area contributed by atoms with Crippen molar-refractivity contribution >= 4 is 40.8 Å². The molecule has 3 N–H and O–H groups in total. The Balaban J connectivity index is 2.36. The Morgan fingerprint density at radius 1 is 1.03 bits per heavy atom. The number of hydrogen-bond acceptors (Lipinski definition) is 7. The van der Waals surface area contributed by atoms with Crippen molar-refractivity contribution in [1.29, 1.82) is 0 Å². The standard InChI is InChI=1S/C21H32N4O5S/c1-4-25(5-2)13-12-22-20(28)16-6-8-17(9-7-16)23-21(31)24-18(26)10-11-19(27)30-15-14-29-3/h6-9H,4-5,10-15H2,1-3H3,(H,22,28)(H2,23,24,26,31). The van der Waals surface area contributed by atoms with Crippen LogP contribution in [0.5, 0.6) is 0 Å². The van der Waals surface area contributed by atoms with Crippen LogP contribution >= 0.6 is 12.2 Å². The van der Waals surface area contributed by atoms with Crippen LogP contribution in [0.25, 0.3) is 0 Å². The van der Waals surface area contributed by atoms with E-state index in [0.717, 1.165) is 19.6 Å². The first-order valence-electron chi connectivity index (χ1n) is 10.3. The maximum Gasteiger partial charge on any atom is 0.306 e. The predicted octanol–water partition coefficient (Wildman–Crippen LogP) is 1.54. The molecule has 9 nitrogen and oxygen atoms in total. The van der Waals surface area contributed by atoms with Gasteiger partial charge in [0.25, 0.3) is 5.91 Å². The fraction of sp³-hybridized carbons (Fsp3) is 0.524. The minimum absolute atomic E-state index is 0.0414. The second-order valence-corrected chi connectivity index (χ2v) is 6.98. The van der Waals surface area contributed by atoms with Gasteiger partial charge >= 0.3 is 5.97 Å². The number of anilines is 1. The summed E-state index contributed by atoms with van der Waals surface area (Å²) in [4.78, 5) is 37.8. The maximum absolute atomic E-state index is 12.2. The molecule has 0 heterocycles. The Hall–Kier alpha value is -2.56. The topological polar surface area (TPSA) is 109 Å². The van der Waals surface area contributed by atoms with Crippen molar-refractivity contribution < 1.29 is 23.9 Å². The molecule has 172 valence electrons. The van der Waals surface area contributed by atoms with Gasteiger partial charge in [-0.25, -0.2) is 0 Å². The molecule has 1 aromatic rings. The van der Waals surface area contributed by atoms with Crippen LogP contribution in [0.15, 0.2) is 24.3 Å². The zero-order chi connectivity index (χ0) is 23.1. The van der Waals surface area contributed by atoms with Crippen LogP contribution in [0.2, 0.25) is 0 Å². The van der Waals surface area contributed by atoms with Crippen molar-refractivity contribution in [2.75, 3.05) is 51.8 Å². The molecule has 0 fully saturated rings. The first kappa shape index (κ1) is 26.5. The Bertz CT molecular complexity index is 723. The van der Waals surface area contributed by atoms with Gasteiger partial charge in [-0.2, -0.15) is 0 Å². The van der Waals surface area contributed by atoms with Crippen LogP contribution in [-0.4, -0.2) is 74.3 Å². The third-order valence-corrected chi connectivity index (χ3v) is 4.58. The van der Waals surface area contributed by atoms with Crippen LogP contribution < -0.4 is 16.0 Å². The summed E-state index contributed by atoms with van der Waals surface area (Å²) in [6, 6.07) is 6.75. The fourth-order valence-corrected chi connectivity index (χ4v) is 2.78. The SMILES string of the molecule is CCN(CC)CCNC(=O)c1ccc(NC(=S)NC(=O)CCC(=O)OCCOC)cc1. The molecule has 2 amide bonds. The molecule has 10 heteroatoms. The molecule has 0 aliphatic rings. The average Bonchev–Trinajstić information content (AvgIpc) is 2.75. The number of rotatable bonds is 13. The summed E-state index contributed by atoms with van der Waals surface area (Å²) in [7, 11) is 1.51. The number of esters is 1. The number of ether oxygens (including phenoxy) is 2. The number of methoxy groups -OCH3 is 1. The van der Waals surface area contributed by atoms with Gasteiger partial charge in [-0.05, 0) is 49.6 Å². The van der Waals surface area contributed by atoms with Gasteiger partial charge in [0.05, 0.1) is 13.0 Å². The number of likely N-dealkylation sites (N-methyl/N-ethyl adjacent to an activating group) is 1. The second-order valence-electron chi connectivity index (χ2n) is 6.58. The Kier molecular flexibility index (Phi) is 13.0.